The number of carbonyl (C=O) groups is 2. The van der Waals surface area contributed by atoms with E-state index < -0.39 is 11.7 Å². The van der Waals surface area contributed by atoms with E-state index in [1.54, 1.807) is 20.8 Å². The second-order valence-electron chi connectivity index (χ2n) is 3.69. The van der Waals surface area contributed by atoms with Crippen LogP contribution in [0.2, 0.25) is 0 Å². The minimum Gasteiger partial charge on any atom is -0.443 e. The highest BCUT2D eigenvalue weighted by molar-refractivity contribution is 5.76. The van der Waals surface area contributed by atoms with Crippen LogP contribution < -0.4 is 5.43 Å². The summed E-state index contributed by atoms with van der Waals surface area (Å²) in [6, 6.07) is 0. The van der Waals surface area contributed by atoms with Gasteiger partial charge in [-0.1, -0.05) is 0 Å². The normalized spacial score (nSPS) is 10.5. The van der Waals surface area contributed by atoms with Crippen LogP contribution in [0.1, 0.15) is 27.7 Å². The van der Waals surface area contributed by atoms with Crippen molar-refractivity contribution in [3.05, 3.63) is 0 Å². The number of ether oxygens (including phenoxy) is 1. The molecule has 0 aliphatic rings. The molecule has 0 aliphatic heterocycles. The molecule has 0 heterocycles. The fourth-order valence-corrected chi connectivity index (χ4v) is 0.517. The van der Waals surface area contributed by atoms with Crippen molar-refractivity contribution in [1.29, 1.82) is 0 Å². The molecule has 0 aromatic heterocycles. The van der Waals surface area contributed by atoms with E-state index in [0.29, 0.717) is 0 Å². The highest BCUT2D eigenvalue weighted by Gasteiger charge is 2.17. The molecular weight excluding hydrogens is 172 g/mol. The van der Waals surface area contributed by atoms with E-state index >= 15 is 0 Å². The summed E-state index contributed by atoms with van der Waals surface area (Å²) in [7, 11) is 1.45. The maximum Gasteiger partial charge on any atom is 0.426 e. The molecular formula is C8H16N2O3. The van der Waals surface area contributed by atoms with Gasteiger partial charge in [-0.2, -0.15) is 0 Å². The van der Waals surface area contributed by atoms with E-state index in [-0.39, 0.29) is 5.91 Å². The van der Waals surface area contributed by atoms with Crippen molar-refractivity contribution >= 4 is 12.0 Å². The quantitative estimate of drug-likeness (QED) is 0.575. The standard InChI is InChI=1S/C8H16N2O3/c1-6(11)10(5)9-7(12)13-8(2,3)4/h1-5H3,(H,9,12). The lowest BCUT2D eigenvalue weighted by Gasteiger charge is -2.22. The van der Waals surface area contributed by atoms with Crippen molar-refractivity contribution in [2.24, 2.45) is 0 Å². The number of carbonyl (C=O) groups excluding carboxylic acids is 2. The van der Waals surface area contributed by atoms with Crippen LogP contribution in [-0.2, 0) is 9.53 Å². The Morgan fingerprint density at radius 2 is 1.77 bits per heavy atom. The number of nitrogens with zero attached hydrogens (tertiary/aromatic N) is 1. The van der Waals surface area contributed by atoms with Crippen LogP contribution in [0.15, 0.2) is 0 Å². The number of hydrazine groups is 1. The Labute approximate surface area is 78.0 Å². The molecule has 0 fully saturated rings. The summed E-state index contributed by atoms with van der Waals surface area (Å²) in [4.78, 5) is 21.7. The monoisotopic (exact) mass is 188 g/mol. The topological polar surface area (TPSA) is 58.6 Å². The number of hydrogen-bond acceptors (Lipinski definition) is 3. The molecule has 13 heavy (non-hydrogen) atoms. The van der Waals surface area contributed by atoms with Crippen LogP contribution in [0.5, 0.6) is 0 Å². The minimum atomic E-state index is -0.634. The molecule has 2 amide bonds. The molecule has 0 atom stereocenters. The second kappa shape index (κ2) is 4.11. The fourth-order valence-electron chi connectivity index (χ4n) is 0.517. The summed E-state index contributed by atoms with van der Waals surface area (Å²) in [6.07, 6.45) is -0.634. The first-order valence-electron chi connectivity index (χ1n) is 3.96. The second-order valence-corrected chi connectivity index (χ2v) is 3.69. The zero-order valence-corrected chi connectivity index (χ0v) is 8.67. The molecule has 0 saturated heterocycles. The van der Waals surface area contributed by atoms with Gasteiger partial charge in [0.1, 0.15) is 5.60 Å². The van der Waals surface area contributed by atoms with Crippen LogP contribution in [0, 0.1) is 0 Å². The summed E-state index contributed by atoms with van der Waals surface area (Å²) >= 11 is 0. The van der Waals surface area contributed by atoms with E-state index in [4.69, 9.17) is 4.74 Å². The van der Waals surface area contributed by atoms with Crippen LogP contribution in [0.3, 0.4) is 0 Å². The molecule has 5 nitrogen and oxygen atoms in total. The van der Waals surface area contributed by atoms with Crippen molar-refractivity contribution in [3.8, 4) is 0 Å². The number of hydrogen-bond donors (Lipinski definition) is 1. The first kappa shape index (κ1) is 11.7. The predicted molar refractivity (Wildman–Crippen MR) is 47.8 cm³/mol. The van der Waals surface area contributed by atoms with Gasteiger partial charge in [-0.25, -0.2) is 10.2 Å². The summed E-state index contributed by atoms with van der Waals surface area (Å²) in [6.45, 7) is 6.60. The Morgan fingerprint density at radius 1 is 1.31 bits per heavy atom. The molecule has 76 valence electrons. The third-order valence-electron chi connectivity index (χ3n) is 1.13. The lowest BCUT2D eigenvalue weighted by Crippen LogP contribution is -2.44. The number of nitrogens with one attached hydrogen (secondary N) is 1. The van der Waals surface area contributed by atoms with Crippen molar-refractivity contribution in [3.63, 3.8) is 0 Å². The first-order valence-corrected chi connectivity index (χ1v) is 3.96. The lowest BCUT2D eigenvalue weighted by atomic mass is 10.2. The molecule has 0 rings (SSSR count). The van der Waals surface area contributed by atoms with Gasteiger partial charge in [0.05, 0.1) is 0 Å². The highest BCUT2D eigenvalue weighted by atomic mass is 16.6. The van der Waals surface area contributed by atoms with Gasteiger partial charge in [0.15, 0.2) is 0 Å². The van der Waals surface area contributed by atoms with Crippen molar-refractivity contribution in [2.45, 2.75) is 33.3 Å². The molecule has 0 unspecified atom stereocenters. The van der Waals surface area contributed by atoms with Crippen molar-refractivity contribution in [2.75, 3.05) is 7.05 Å². The zero-order chi connectivity index (χ0) is 10.6. The average Bonchev–Trinajstić information content (AvgIpc) is 1.81. The number of amides is 2. The Morgan fingerprint density at radius 3 is 2.08 bits per heavy atom. The van der Waals surface area contributed by atoms with Gasteiger partial charge in [-0.3, -0.25) is 9.80 Å². The average molecular weight is 188 g/mol. The first-order chi connectivity index (χ1) is 5.72. The molecule has 0 saturated carbocycles. The Hall–Kier alpha value is -1.26. The van der Waals surface area contributed by atoms with E-state index in [2.05, 4.69) is 5.43 Å². The predicted octanol–water partition coefficient (Wildman–Crippen LogP) is 0.904. The van der Waals surface area contributed by atoms with Gasteiger partial charge in [-0.05, 0) is 20.8 Å². The molecule has 1 N–H and O–H groups in total. The maximum atomic E-state index is 11.0. The van der Waals surface area contributed by atoms with Crippen LogP contribution in [0.25, 0.3) is 0 Å². The Kier molecular flexibility index (Phi) is 3.71. The Bertz CT molecular complexity index is 208. The molecule has 0 aliphatic carbocycles. The maximum absolute atomic E-state index is 11.0. The molecule has 0 aromatic rings. The Balaban J connectivity index is 3.96. The fraction of sp³-hybridized carbons (Fsp3) is 0.750. The zero-order valence-electron chi connectivity index (χ0n) is 8.67. The van der Waals surface area contributed by atoms with Crippen molar-refractivity contribution < 1.29 is 14.3 Å². The van der Waals surface area contributed by atoms with E-state index in [1.807, 2.05) is 0 Å². The van der Waals surface area contributed by atoms with E-state index in [1.165, 1.54) is 14.0 Å². The molecule has 0 bridgehead atoms. The van der Waals surface area contributed by atoms with Gasteiger partial charge < -0.3 is 4.74 Å². The third-order valence-corrected chi connectivity index (χ3v) is 1.13. The lowest BCUT2D eigenvalue weighted by molar-refractivity contribution is -0.130. The molecule has 5 heteroatoms. The molecule has 0 spiro atoms. The van der Waals surface area contributed by atoms with Crippen LogP contribution in [-0.4, -0.2) is 29.7 Å². The van der Waals surface area contributed by atoms with Crippen LogP contribution in [0.4, 0.5) is 4.79 Å². The highest BCUT2D eigenvalue weighted by Crippen LogP contribution is 2.06. The van der Waals surface area contributed by atoms with Gasteiger partial charge in [0.25, 0.3) is 0 Å². The van der Waals surface area contributed by atoms with Gasteiger partial charge >= 0.3 is 6.09 Å². The summed E-state index contributed by atoms with van der Waals surface area (Å²) in [5.41, 5.74) is 1.70. The van der Waals surface area contributed by atoms with Crippen LogP contribution >= 0.6 is 0 Å². The van der Waals surface area contributed by atoms with Gasteiger partial charge in [0.2, 0.25) is 5.91 Å². The SMILES string of the molecule is CC(=O)N(C)NC(=O)OC(C)(C)C. The van der Waals surface area contributed by atoms with Crippen molar-refractivity contribution in [1.82, 2.24) is 10.4 Å². The molecule has 0 radical (unpaired) electrons. The number of rotatable bonds is 0. The van der Waals surface area contributed by atoms with Gasteiger partial charge in [0, 0.05) is 14.0 Å². The minimum absolute atomic E-state index is 0.258. The largest absolute Gasteiger partial charge is 0.443 e. The summed E-state index contributed by atoms with van der Waals surface area (Å²) < 4.78 is 4.91. The summed E-state index contributed by atoms with van der Waals surface area (Å²) in [5, 5.41) is 1.06. The molecule has 0 aromatic carbocycles. The summed E-state index contributed by atoms with van der Waals surface area (Å²) in [5.74, 6) is -0.258. The third kappa shape index (κ3) is 5.95. The smallest absolute Gasteiger partial charge is 0.426 e. The van der Waals surface area contributed by atoms with E-state index in [0.717, 1.165) is 5.01 Å². The van der Waals surface area contributed by atoms with E-state index in [9.17, 15) is 9.59 Å². The van der Waals surface area contributed by atoms with Gasteiger partial charge in [-0.15, -0.1) is 0 Å².